The van der Waals surface area contributed by atoms with E-state index in [1.807, 2.05) is 6.92 Å². The molecule has 0 saturated carbocycles. The number of hydrogen-bond donors (Lipinski definition) is 2. The smallest absolute Gasteiger partial charge is 0.319 e. The van der Waals surface area contributed by atoms with Crippen molar-refractivity contribution >= 4 is 40.9 Å². The molecule has 7 heteroatoms. The fourth-order valence-corrected chi connectivity index (χ4v) is 1.90. The van der Waals surface area contributed by atoms with E-state index in [9.17, 15) is 14.7 Å². The van der Waals surface area contributed by atoms with Gasteiger partial charge in [0.15, 0.2) is 0 Å². The predicted molar refractivity (Wildman–Crippen MR) is 76.9 cm³/mol. The molecule has 2 amide bonds. The van der Waals surface area contributed by atoms with Crippen molar-refractivity contribution in [3.8, 4) is 0 Å². The van der Waals surface area contributed by atoms with Crippen molar-refractivity contribution in [1.29, 1.82) is 0 Å². The number of amides is 2. The lowest BCUT2D eigenvalue weighted by atomic mass is 9.99. The van der Waals surface area contributed by atoms with Gasteiger partial charge in [-0.1, -0.05) is 43.5 Å². The number of aliphatic carboxylic acids is 1. The first kappa shape index (κ1) is 16.6. The molecule has 0 aliphatic heterocycles. The summed E-state index contributed by atoms with van der Waals surface area (Å²) in [6.07, 6.45) is 0.594. The summed E-state index contributed by atoms with van der Waals surface area (Å²) in [5, 5.41) is 16.5. The summed E-state index contributed by atoms with van der Waals surface area (Å²) in [5.74, 6) is -1.58. The predicted octanol–water partition coefficient (Wildman–Crippen LogP) is 2.28. The number of halogens is 2. The number of carbonyl (C=O) groups is 2. The van der Waals surface area contributed by atoms with Crippen LogP contribution in [0.5, 0.6) is 0 Å². The van der Waals surface area contributed by atoms with E-state index < -0.39 is 18.0 Å². The minimum Gasteiger partial charge on any atom is -0.548 e. The normalized spacial score (nSPS) is 13.4. The topological polar surface area (TPSA) is 81.3 Å². The Morgan fingerprint density at radius 2 is 2.00 bits per heavy atom. The van der Waals surface area contributed by atoms with Crippen LogP contribution in [0.1, 0.15) is 20.3 Å². The number of urea groups is 1. The van der Waals surface area contributed by atoms with Gasteiger partial charge in [0.05, 0.1) is 22.7 Å². The molecule has 2 N–H and O–H groups in total. The van der Waals surface area contributed by atoms with Crippen molar-refractivity contribution in [3.05, 3.63) is 28.2 Å². The van der Waals surface area contributed by atoms with Crippen LogP contribution >= 0.6 is 23.2 Å². The zero-order chi connectivity index (χ0) is 15.3. The van der Waals surface area contributed by atoms with Crippen LogP contribution in [0, 0.1) is 5.92 Å². The van der Waals surface area contributed by atoms with E-state index in [0.29, 0.717) is 22.2 Å². The summed E-state index contributed by atoms with van der Waals surface area (Å²) in [4.78, 5) is 22.8. The molecule has 0 saturated heterocycles. The molecule has 0 fully saturated rings. The maximum absolute atomic E-state index is 11.8. The molecule has 0 heterocycles. The van der Waals surface area contributed by atoms with Crippen molar-refractivity contribution in [2.75, 3.05) is 5.32 Å². The van der Waals surface area contributed by atoms with E-state index in [1.165, 1.54) is 12.1 Å². The van der Waals surface area contributed by atoms with Crippen molar-refractivity contribution in [3.63, 3.8) is 0 Å². The molecule has 0 unspecified atom stereocenters. The fraction of sp³-hybridized carbons (Fsp3) is 0.385. The minimum absolute atomic E-state index is 0.249. The van der Waals surface area contributed by atoms with Crippen molar-refractivity contribution in [1.82, 2.24) is 5.32 Å². The first-order chi connectivity index (χ1) is 9.35. The van der Waals surface area contributed by atoms with Gasteiger partial charge in [0, 0.05) is 5.02 Å². The molecule has 5 nitrogen and oxygen atoms in total. The number of nitrogens with one attached hydrogen (secondary N) is 2. The Bertz CT molecular complexity index is 508. The molecule has 0 aliphatic rings. The van der Waals surface area contributed by atoms with Gasteiger partial charge >= 0.3 is 6.03 Å². The summed E-state index contributed by atoms with van der Waals surface area (Å²) in [5.41, 5.74) is 0.304. The number of carboxylic acids is 1. The molecule has 1 aromatic rings. The van der Waals surface area contributed by atoms with E-state index in [2.05, 4.69) is 10.6 Å². The zero-order valence-corrected chi connectivity index (χ0v) is 12.6. The second kappa shape index (κ2) is 7.36. The summed E-state index contributed by atoms with van der Waals surface area (Å²) in [6, 6.07) is 2.84. The van der Waals surface area contributed by atoms with Crippen molar-refractivity contribution < 1.29 is 14.7 Å². The number of carbonyl (C=O) groups excluding carboxylic acids is 2. The second-order valence-corrected chi connectivity index (χ2v) is 5.25. The maximum Gasteiger partial charge on any atom is 0.319 e. The third-order valence-corrected chi connectivity index (χ3v) is 3.49. The highest BCUT2D eigenvalue weighted by Crippen LogP contribution is 2.25. The van der Waals surface area contributed by atoms with Crippen LogP contribution < -0.4 is 15.7 Å². The molecule has 0 radical (unpaired) electrons. The van der Waals surface area contributed by atoms with Gasteiger partial charge in [-0.25, -0.2) is 4.79 Å². The van der Waals surface area contributed by atoms with Crippen LogP contribution in [0.15, 0.2) is 18.2 Å². The molecular weight excluding hydrogens is 303 g/mol. The van der Waals surface area contributed by atoms with E-state index in [0.717, 1.165) is 0 Å². The molecular formula is C13H15Cl2N2O3-. The van der Waals surface area contributed by atoms with Gasteiger partial charge in [-0.15, -0.1) is 0 Å². The lowest BCUT2D eigenvalue weighted by Crippen LogP contribution is -2.52. The first-order valence-electron chi connectivity index (χ1n) is 6.08. The highest BCUT2D eigenvalue weighted by molar-refractivity contribution is 6.35. The molecule has 1 aromatic carbocycles. The van der Waals surface area contributed by atoms with E-state index in [1.54, 1.807) is 13.0 Å². The van der Waals surface area contributed by atoms with Crippen LogP contribution in [0.25, 0.3) is 0 Å². The number of rotatable bonds is 5. The summed E-state index contributed by atoms with van der Waals surface area (Å²) < 4.78 is 0. The van der Waals surface area contributed by atoms with E-state index in [4.69, 9.17) is 23.2 Å². The molecule has 20 heavy (non-hydrogen) atoms. The number of anilines is 1. The average Bonchev–Trinajstić information content (AvgIpc) is 2.39. The highest BCUT2D eigenvalue weighted by atomic mass is 35.5. The summed E-state index contributed by atoms with van der Waals surface area (Å²) in [6.45, 7) is 3.54. The Morgan fingerprint density at radius 1 is 1.35 bits per heavy atom. The lowest BCUT2D eigenvalue weighted by molar-refractivity contribution is -0.309. The van der Waals surface area contributed by atoms with Crippen molar-refractivity contribution in [2.45, 2.75) is 26.3 Å². The quantitative estimate of drug-likeness (QED) is 0.874. The summed E-state index contributed by atoms with van der Waals surface area (Å²) >= 11 is 11.7. The third kappa shape index (κ3) is 4.58. The van der Waals surface area contributed by atoms with Crippen molar-refractivity contribution in [2.24, 2.45) is 5.92 Å². The van der Waals surface area contributed by atoms with Gasteiger partial charge in [0.25, 0.3) is 0 Å². The molecule has 2 atom stereocenters. The SMILES string of the molecule is CC[C@@H](C)[C@H](NC(=O)Nc1cc(Cl)ccc1Cl)C(=O)[O-]. The first-order valence-corrected chi connectivity index (χ1v) is 6.84. The van der Waals surface area contributed by atoms with Gasteiger partial charge in [-0.05, 0) is 24.1 Å². The van der Waals surface area contributed by atoms with Gasteiger partial charge in [0.1, 0.15) is 0 Å². The highest BCUT2D eigenvalue weighted by Gasteiger charge is 2.19. The van der Waals surface area contributed by atoms with Crippen LogP contribution in [0.2, 0.25) is 10.0 Å². The third-order valence-electron chi connectivity index (χ3n) is 2.93. The largest absolute Gasteiger partial charge is 0.548 e. The Balaban J connectivity index is 2.75. The Morgan fingerprint density at radius 3 is 2.55 bits per heavy atom. The number of carboxylic acid groups (broad SMARTS) is 1. The molecule has 0 spiro atoms. The summed E-state index contributed by atoms with van der Waals surface area (Å²) in [7, 11) is 0. The molecule has 110 valence electrons. The number of benzene rings is 1. The number of hydrogen-bond acceptors (Lipinski definition) is 3. The maximum atomic E-state index is 11.8. The van der Waals surface area contributed by atoms with Crippen LogP contribution in [0.3, 0.4) is 0 Å². The van der Waals surface area contributed by atoms with Crippen LogP contribution in [-0.2, 0) is 4.79 Å². The monoisotopic (exact) mass is 317 g/mol. The van der Waals surface area contributed by atoms with Gasteiger partial charge in [0.2, 0.25) is 0 Å². The average molecular weight is 318 g/mol. The van der Waals surface area contributed by atoms with E-state index >= 15 is 0 Å². The molecule has 0 aromatic heterocycles. The van der Waals surface area contributed by atoms with Crippen LogP contribution in [0.4, 0.5) is 10.5 Å². The Kier molecular flexibility index (Phi) is 6.10. The fourth-order valence-electron chi connectivity index (χ4n) is 1.56. The zero-order valence-electron chi connectivity index (χ0n) is 11.1. The standard InChI is InChI=1S/C13H16Cl2N2O3/c1-3-7(2)11(12(18)19)17-13(20)16-10-6-8(14)4-5-9(10)15/h4-7,11H,3H2,1-2H3,(H,18,19)(H2,16,17,20)/p-1/t7-,11+/m1/s1. The minimum atomic E-state index is -1.33. The molecule has 1 rings (SSSR count). The molecule has 0 aliphatic carbocycles. The van der Waals surface area contributed by atoms with Crippen LogP contribution in [-0.4, -0.2) is 18.0 Å². The van der Waals surface area contributed by atoms with Gasteiger partial charge < -0.3 is 20.5 Å². The van der Waals surface area contributed by atoms with Gasteiger partial charge in [-0.3, -0.25) is 0 Å². The Labute approximate surface area is 127 Å². The van der Waals surface area contributed by atoms with E-state index in [-0.39, 0.29) is 5.92 Å². The molecule has 0 bridgehead atoms. The van der Waals surface area contributed by atoms with Gasteiger partial charge in [-0.2, -0.15) is 0 Å². The Hall–Kier alpha value is -1.46. The lowest BCUT2D eigenvalue weighted by Gasteiger charge is -2.25. The second-order valence-electron chi connectivity index (χ2n) is 4.40.